The van der Waals surface area contributed by atoms with Crippen molar-refractivity contribution in [2.24, 2.45) is 0 Å². The molecule has 1 aromatic rings. The highest BCUT2D eigenvalue weighted by molar-refractivity contribution is 5.33. The summed E-state index contributed by atoms with van der Waals surface area (Å²) in [7, 11) is 0. The number of aryl methyl sites for hydroxylation is 1. The van der Waals surface area contributed by atoms with Crippen molar-refractivity contribution in [3.63, 3.8) is 0 Å². The van der Waals surface area contributed by atoms with Crippen molar-refractivity contribution in [1.29, 1.82) is 0 Å². The third-order valence-electron chi connectivity index (χ3n) is 4.73. The lowest BCUT2D eigenvalue weighted by Crippen LogP contribution is -2.06. The molecule has 2 fully saturated rings. The highest BCUT2D eigenvalue weighted by Gasteiger charge is 2.26. The van der Waals surface area contributed by atoms with Crippen molar-refractivity contribution in [3.05, 3.63) is 29.8 Å². The standard InChI is InChI=1S/C17H28O.C6H10O3/c1-3-5-6-7-8-9-10-13-16-14-11-12-15-17(16)18-4-2;1(5-3-8-5)7-2-6-4-9-6/h11-12,14-15H,3-10,13H2,1-2H3;5-6H,1-4H2. The summed E-state index contributed by atoms with van der Waals surface area (Å²) in [4.78, 5) is 0. The summed E-state index contributed by atoms with van der Waals surface area (Å²) >= 11 is 0. The van der Waals surface area contributed by atoms with E-state index in [-0.39, 0.29) is 0 Å². The van der Waals surface area contributed by atoms with Gasteiger partial charge in [-0.25, -0.2) is 0 Å². The van der Waals surface area contributed by atoms with E-state index in [0.29, 0.717) is 12.2 Å². The van der Waals surface area contributed by atoms with Crippen LogP contribution in [-0.4, -0.2) is 45.2 Å². The molecule has 27 heavy (non-hydrogen) atoms. The highest BCUT2D eigenvalue weighted by Crippen LogP contribution is 2.20. The first kappa shape index (κ1) is 22.2. The fourth-order valence-corrected chi connectivity index (χ4v) is 2.94. The van der Waals surface area contributed by atoms with Gasteiger partial charge in [0.1, 0.15) is 18.0 Å². The zero-order valence-electron chi connectivity index (χ0n) is 17.3. The minimum absolute atomic E-state index is 0.392. The normalized spacial score (nSPS) is 19.9. The lowest BCUT2D eigenvalue weighted by atomic mass is 10.0. The van der Waals surface area contributed by atoms with Crippen LogP contribution in [0.5, 0.6) is 5.75 Å². The first-order chi connectivity index (χ1) is 13.3. The number of ether oxygens (including phenoxy) is 4. The van der Waals surface area contributed by atoms with Crippen LogP contribution in [-0.2, 0) is 20.6 Å². The number of epoxide rings is 2. The largest absolute Gasteiger partial charge is 0.494 e. The summed E-state index contributed by atoms with van der Waals surface area (Å²) in [5, 5.41) is 0. The Kier molecular flexibility index (Phi) is 11.5. The van der Waals surface area contributed by atoms with E-state index in [4.69, 9.17) is 18.9 Å². The molecule has 154 valence electrons. The molecular formula is C23H38O4. The number of para-hydroxylation sites is 1. The second-order valence-electron chi connectivity index (χ2n) is 7.36. The van der Waals surface area contributed by atoms with Gasteiger partial charge in [-0.05, 0) is 31.4 Å². The molecule has 0 N–H and O–H groups in total. The number of rotatable bonds is 14. The van der Waals surface area contributed by atoms with Gasteiger partial charge in [-0.2, -0.15) is 0 Å². The number of unbranched alkanes of at least 4 members (excludes halogenated alkanes) is 6. The third-order valence-corrected chi connectivity index (χ3v) is 4.73. The molecule has 2 aliphatic heterocycles. The lowest BCUT2D eigenvalue weighted by Gasteiger charge is -2.09. The van der Waals surface area contributed by atoms with Crippen LogP contribution in [0.2, 0.25) is 0 Å². The molecular weight excluding hydrogens is 340 g/mol. The molecule has 0 spiro atoms. The Bertz CT molecular complexity index is 471. The molecule has 4 heteroatoms. The maximum atomic E-state index is 5.65. The van der Waals surface area contributed by atoms with Gasteiger partial charge in [-0.15, -0.1) is 0 Å². The quantitative estimate of drug-likeness (QED) is 0.330. The van der Waals surface area contributed by atoms with E-state index in [0.717, 1.165) is 45.2 Å². The lowest BCUT2D eigenvalue weighted by molar-refractivity contribution is 0.102. The van der Waals surface area contributed by atoms with Crippen LogP contribution in [0.25, 0.3) is 0 Å². The number of hydrogen-bond donors (Lipinski definition) is 0. The smallest absolute Gasteiger partial charge is 0.122 e. The number of benzene rings is 1. The first-order valence-electron chi connectivity index (χ1n) is 10.8. The monoisotopic (exact) mass is 378 g/mol. The van der Waals surface area contributed by atoms with E-state index < -0.39 is 0 Å². The molecule has 2 unspecified atom stereocenters. The van der Waals surface area contributed by atoms with E-state index >= 15 is 0 Å². The maximum absolute atomic E-state index is 5.65. The van der Waals surface area contributed by atoms with Crippen LogP contribution in [0.1, 0.15) is 64.4 Å². The second kappa shape index (κ2) is 14.0. The Morgan fingerprint density at radius 3 is 2.04 bits per heavy atom. The van der Waals surface area contributed by atoms with E-state index in [2.05, 4.69) is 31.2 Å². The van der Waals surface area contributed by atoms with Gasteiger partial charge < -0.3 is 18.9 Å². The van der Waals surface area contributed by atoms with Crippen molar-refractivity contribution < 1.29 is 18.9 Å². The van der Waals surface area contributed by atoms with Crippen LogP contribution >= 0.6 is 0 Å². The van der Waals surface area contributed by atoms with Crippen molar-refractivity contribution >= 4 is 0 Å². The van der Waals surface area contributed by atoms with Crippen LogP contribution in [0.15, 0.2) is 24.3 Å². The molecule has 0 aliphatic carbocycles. The van der Waals surface area contributed by atoms with E-state index in [9.17, 15) is 0 Å². The predicted molar refractivity (Wildman–Crippen MR) is 110 cm³/mol. The molecule has 2 aliphatic rings. The SMILES string of the molecule is C(OCC1CO1)C1CO1.CCCCCCCCCc1ccccc1OCC. The van der Waals surface area contributed by atoms with Crippen molar-refractivity contribution in [3.8, 4) is 5.75 Å². The summed E-state index contributed by atoms with van der Waals surface area (Å²) in [6, 6.07) is 8.44. The Morgan fingerprint density at radius 2 is 1.44 bits per heavy atom. The molecule has 0 amide bonds. The maximum Gasteiger partial charge on any atom is 0.122 e. The number of hydrogen-bond acceptors (Lipinski definition) is 4. The molecule has 2 heterocycles. The van der Waals surface area contributed by atoms with Gasteiger partial charge in [0.15, 0.2) is 0 Å². The van der Waals surface area contributed by atoms with Gasteiger partial charge in [-0.3, -0.25) is 0 Å². The molecule has 0 saturated carbocycles. The van der Waals surface area contributed by atoms with Gasteiger partial charge in [0.05, 0.1) is 33.0 Å². The van der Waals surface area contributed by atoms with Gasteiger partial charge in [0, 0.05) is 0 Å². The van der Waals surface area contributed by atoms with Crippen molar-refractivity contribution in [2.45, 2.75) is 77.4 Å². The van der Waals surface area contributed by atoms with E-state index in [1.54, 1.807) is 0 Å². The topological polar surface area (TPSA) is 43.5 Å². The van der Waals surface area contributed by atoms with Gasteiger partial charge in [0.2, 0.25) is 0 Å². The van der Waals surface area contributed by atoms with Crippen LogP contribution < -0.4 is 4.74 Å². The van der Waals surface area contributed by atoms with Gasteiger partial charge >= 0.3 is 0 Å². The van der Waals surface area contributed by atoms with Gasteiger partial charge in [0.25, 0.3) is 0 Å². The summed E-state index contributed by atoms with van der Waals surface area (Å²) in [6.45, 7) is 8.33. The van der Waals surface area contributed by atoms with E-state index in [1.165, 1.54) is 50.5 Å². The Hall–Kier alpha value is -1.10. The average molecular weight is 379 g/mol. The second-order valence-corrected chi connectivity index (χ2v) is 7.36. The fraction of sp³-hybridized carbons (Fsp3) is 0.739. The van der Waals surface area contributed by atoms with Crippen LogP contribution in [0.3, 0.4) is 0 Å². The van der Waals surface area contributed by atoms with Gasteiger partial charge in [-0.1, -0.05) is 63.6 Å². The Labute approximate surface area is 165 Å². The zero-order chi connectivity index (χ0) is 19.2. The summed E-state index contributed by atoms with van der Waals surface area (Å²) < 4.78 is 20.8. The minimum atomic E-state index is 0.392. The zero-order valence-corrected chi connectivity index (χ0v) is 17.3. The molecule has 2 atom stereocenters. The fourth-order valence-electron chi connectivity index (χ4n) is 2.94. The summed E-state index contributed by atoms with van der Waals surface area (Å²) in [5.41, 5.74) is 1.37. The molecule has 0 radical (unpaired) electrons. The van der Waals surface area contributed by atoms with E-state index in [1.807, 2.05) is 6.92 Å². The highest BCUT2D eigenvalue weighted by atomic mass is 16.6. The molecule has 2 saturated heterocycles. The van der Waals surface area contributed by atoms with Crippen LogP contribution in [0, 0.1) is 0 Å². The van der Waals surface area contributed by atoms with Crippen LogP contribution in [0.4, 0.5) is 0 Å². The average Bonchev–Trinajstić information content (AvgIpc) is 3.59. The first-order valence-corrected chi connectivity index (χ1v) is 10.8. The molecule has 3 rings (SSSR count). The predicted octanol–water partition coefficient (Wildman–Crippen LogP) is 5.18. The Morgan fingerprint density at radius 1 is 0.852 bits per heavy atom. The third kappa shape index (κ3) is 11.4. The van der Waals surface area contributed by atoms with Crippen molar-refractivity contribution in [2.75, 3.05) is 33.0 Å². The minimum Gasteiger partial charge on any atom is -0.494 e. The molecule has 0 bridgehead atoms. The molecule has 0 aromatic heterocycles. The molecule has 4 nitrogen and oxygen atoms in total. The van der Waals surface area contributed by atoms with Crippen molar-refractivity contribution in [1.82, 2.24) is 0 Å². The Balaban J connectivity index is 0.000000239. The molecule has 1 aromatic carbocycles. The summed E-state index contributed by atoms with van der Waals surface area (Å²) in [5.74, 6) is 1.07. The summed E-state index contributed by atoms with van der Waals surface area (Å²) in [6.07, 6.45) is 11.5.